The number of rotatable bonds is 4. The van der Waals surface area contributed by atoms with Gasteiger partial charge in [-0.25, -0.2) is 0 Å². The van der Waals surface area contributed by atoms with Crippen molar-refractivity contribution in [3.8, 4) is 5.75 Å². The van der Waals surface area contributed by atoms with Crippen LogP contribution in [0.5, 0.6) is 5.75 Å². The molecule has 1 heterocycles. The summed E-state index contributed by atoms with van der Waals surface area (Å²) in [4.78, 5) is 15.2. The molecule has 0 aliphatic carbocycles. The minimum Gasteiger partial charge on any atom is -0.496 e. The summed E-state index contributed by atoms with van der Waals surface area (Å²) in [6.07, 6.45) is 0. The molecule has 4 nitrogen and oxygen atoms in total. The van der Waals surface area contributed by atoms with Gasteiger partial charge < -0.3 is 9.47 Å². The number of methoxy groups -OCH3 is 1. The third kappa shape index (κ3) is 2.97. The molecule has 0 amide bonds. The fourth-order valence-corrected chi connectivity index (χ4v) is 2.83. The third-order valence-electron chi connectivity index (χ3n) is 4.48. The standard InChI is InChI=1S/C17H25NO3/c1-12-6-7-14(15(20-5)13(12)2)16(19)17(3,4)18-8-10-21-11-9-18/h6-7H,8-11H2,1-5H3. The van der Waals surface area contributed by atoms with Crippen LogP contribution in [0.4, 0.5) is 0 Å². The highest BCUT2D eigenvalue weighted by atomic mass is 16.5. The van der Waals surface area contributed by atoms with E-state index in [1.54, 1.807) is 7.11 Å². The Kier molecular flexibility index (Phi) is 4.69. The van der Waals surface area contributed by atoms with Gasteiger partial charge in [-0.15, -0.1) is 0 Å². The Morgan fingerprint density at radius 1 is 1.24 bits per heavy atom. The summed E-state index contributed by atoms with van der Waals surface area (Å²) in [5.41, 5.74) is 2.27. The van der Waals surface area contributed by atoms with Crippen LogP contribution in [0, 0.1) is 13.8 Å². The number of benzene rings is 1. The summed E-state index contributed by atoms with van der Waals surface area (Å²) in [6.45, 7) is 10.9. The van der Waals surface area contributed by atoms with Crippen LogP contribution in [0.15, 0.2) is 12.1 Å². The molecule has 4 heteroatoms. The zero-order valence-electron chi connectivity index (χ0n) is 13.7. The molecule has 0 saturated carbocycles. The zero-order valence-corrected chi connectivity index (χ0v) is 13.7. The van der Waals surface area contributed by atoms with E-state index in [9.17, 15) is 4.79 Å². The number of carbonyl (C=O) groups is 1. The van der Waals surface area contributed by atoms with Crippen LogP contribution < -0.4 is 4.74 Å². The molecule has 0 unspecified atom stereocenters. The smallest absolute Gasteiger partial charge is 0.186 e. The predicted octanol–water partition coefficient (Wildman–Crippen LogP) is 2.61. The number of ether oxygens (including phenoxy) is 2. The maximum atomic E-state index is 13.0. The zero-order chi connectivity index (χ0) is 15.6. The van der Waals surface area contributed by atoms with E-state index in [0.29, 0.717) is 24.5 Å². The first kappa shape index (κ1) is 16.0. The minimum atomic E-state index is -0.557. The number of aryl methyl sites for hydroxylation is 1. The second kappa shape index (κ2) is 6.16. The number of carbonyl (C=O) groups excluding carboxylic acids is 1. The van der Waals surface area contributed by atoms with E-state index in [-0.39, 0.29) is 5.78 Å². The van der Waals surface area contributed by atoms with Gasteiger partial charge in [0.2, 0.25) is 0 Å². The summed E-state index contributed by atoms with van der Waals surface area (Å²) in [7, 11) is 1.63. The van der Waals surface area contributed by atoms with E-state index in [0.717, 1.165) is 24.2 Å². The van der Waals surface area contributed by atoms with Crippen molar-refractivity contribution in [3.63, 3.8) is 0 Å². The molecular formula is C17H25NO3. The lowest BCUT2D eigenvalue weighted by molar-refractivity contribution is -0.00438. The second-order valence-corrected chi connectivity index (χ2v) is 6.08. The number of morpholine rings is 1. The van der Waals surface area contributed by atoms with Crippen LogP contribution in [0.1, 0.15) is 35.3 Å². The number of hydrogen-bond donors (Lipinski definition) is 0. The normalized spacial score (nSPS) is 16.8. The lowest BCUT2D eigenvalue weighted by Gasteiger charge is -2.39. The molecule has 1 aliphatic rings. The molecule has 0 bridgehead atoms. The molecule has 1 aromatic rings. The Hall–Kier alpha value is -1.39. The fraction of sp³-hybridized carbons (Fsp3) is 0.588. The van der Waals surface area contributed by atoms with E-state index in [1.807, 2.05) is 39.8 Å². The first-order valence-corrected chi connectivity index (χ1v) is 7.41. The first-order chi connectivity index (χ1) is 9.89. The molecule has 1 fully saturated rings. The van der Waals surface area contributed by atoms with Gasteiger partial charge in [0.15, 0.2) is 5.78 Å². The van der Waals surface area contributed by atoms with Crippen molar-refractivity contribution in [2.75, 3.05) is 33.4 Å². The van der Waals surface area contributed by atoms with E-state index < -0.39 is 5.54 Å². The van der Waals surface area contributed by atoms with Crippen LogP contribution in [-0.2, 0) is 4.74 Å². The SMILES string of the molecule is COc1c(C(=O)C(C)(C)N2CCOCC2)ccc(C)c1C. The Balaban J connectivity index is 2.36. The molecule has 0 aromatic heterocycles. The lowest BCUT2D eigenvalue weighted by Crippen LogP contribution is -2.54. The van der Waals surface area contributed by atoms with Gasteiger partial charge in [0.05, 0.1) is 31.4 Å². The van der Waals surface area contributed by atoms with Gasteiger partial charge in [-0.3, -0.25) is 9.69 Å². The Bertz CT molecular complexity index is 531. The minimum absolute atomic E-state index is 0.101. The van der Waals surface area contributed by atoms with Gasteiger partial charge in [0.1, 0.15) is 5.75 Å². The van der Waals surface area contributed by atoms with Gasteiger partial charge in [-0.1, -0.05) is 6.07 Å². The maximum absolute atomic E-state index is 13.0. The third-order valence-corrected chi connectivity index (χ3v) is 4.48. The number of ketones is 1. The summed E-state index contributed by atoms with van der Waals surface area (Å²) < 4.78 is 10.9. The summed E-state index contributed by atoms with van der Waals surface area (Å²) >= 11 is 0. The van der Waals surface area contributed by atoms with Crippen molar-refractivity contribution >= 4 is 5.78 Å². The van der Waals surface area contributed by atoms with Gasteiger partial charge in [-0.05, 0) is 44.9 Å². The van der Waals surface area contributed by atoms with Gasteiger partial charge in [-0.2, -0.15) is 0 Å². The van der Waals surface area contributed by atoms with Crippen LogP contribution in [-0.4, -0.2) is 49.6 Å². The molecule has 0 radical (unpaired) electrons. The van der Waals surface area contributed by atoms with Gasteiger partial charge >= 0.3 is 0 Å². The molecule has 1 saturated heterocycles. The maximum Gasteiger partial charge on any atom is 0.186 e. The summed E-state index contributed by atoms with van der Waals surface area (Å²) in [5.74, 6) is 0.797. The number of Topliss-reactive ketones (excluding diaryl/α,β-unsaturated/α-hetero) is 1. The van der Waals surface area contributed by atoms with Gasteiger partial charge in [0.25, 0.3) is 0 Å². The second-order valence-electron chi connectivity index (χ2n) is 6.08. The van der Waals surface area contributed by atoms with Crippen LogP contribution in [0.25, 0.3) is 0 Å². The average molecular weight is 291 g/mol. The molecule has 2 rings (SSSR count). The Morgan fingerprint density at radius 2 is 1.86 bits per heavy atom. The number of nitrogens with zero attached hydrogens (tertiary/aromatic N) is 1. The highest BCUT2D eigenvalue weighted by Crippen LogP contribution is 2.31. The van der Waals surface area contributed by atoms with Crippen molar-refractivity contribution in [3.05, 3.63) is 28.8 Å². The topological polar surface area (TPSA) is 38.8 Å². The molecule has 21 heavy (non-hydrogen) atoms. The van der Waals surface area contributed by atoms with E-state index >= 15 is 0 Å². The van der Waals surface area contributed by atoms with Crippen molar-refractivity contribution < 1.29 is 14.3 Å². The van der Waals surface area contributed by atoms with Crippen molar-refractivity contribution in [1.29, 1.82) is 0 Å². The van der Waals surface area contributed by atoms with E-state index in [1.165, 1.54) is 0 Å². The highest BCUT2D eigenvalue weighted by Gasteiger charge is 2.37. The van der Waals surface area contributed by atoms with Crippen molar-refractivity contribution in [2.24, 2.45) is 0 Å². The lowest BCUT2D eigenvalue weighted by atomic mass is 9.88. The van der Waals surface area contributed by atoms with Crippen LogP contribution >= 0.6 is 0 Å². The molecule has 1 aromatic carbocycles. The van der Waals surface area contributed by atoms with Crippen molar-refractivity contribution in [1.82, 2.24) is 4.90 Å². The van der Waals surface area contributed by atoms with Crippen molar-refractivity contribution in [2.45, 2.75) is 33.2 Å². The molecular weight excluding hydrogens is 266 g/mol. The van der Waals surface area contributed by atoms with Gasteiger partial charge in [0, 0.05) is 13.1 Å². The molecule has 0 N–H and O–H groups in total. The quantitative estimate of drug-likeness (QED) is 0.799. The van der Waals surface area contributed by atoms with E-state index in [4.69, 9.17) is 9.47 Å². The first-order valence-electron chi connectivity index (χ1n) is 7.41. The van der Waals surface area contributed by atoms with E-state index in [2.05, 4.69) is 4.90 Å². The molecule has 0 atom stereocenters. The van der Waals surface area contributed by atoms with Crippen LogP contribution in [0.3, 0.4) is 0 Å². The molecule has 0 spiro atoms. The largest absolute Gasteiger partial charge is 0.496 e. The van der Waals surface area contributed by atoms with Crippen LogP contribution in [0.2, 0.25) is 0 Å². The highest BCUT2D eigenvalue weighted by molar-refractivity contribution is 6.05. The predicted molar refractivity (Wildman–Crippen MR) is 83.3 cm³/mol. The summed E-state index contributed by atoms with van der Waals surface area (Å²) in [6, 6.07) is 3.87. The number of hydrogen-bond acceptors (Lipinski definition) is 4. The fourth-order valence-electron chi connectivity index (χ4n) is 2.83. The summed E-state index contributed by atoms with van der Waals surface area (Å²) in [5, 5.41) is 0. The molecule has 1 aliphatic heterocycles. The monoisotopic (exact) mass is 291 g/mol. The Morgan fingerprint density at radius 3 is 2.43 bits per heavy atom. The Labute approximate surface area is 127 Å². The molecule has 116 valence electrons. The average Bonchev–Trinajstić information content (AvgIpc) is 2.50.